The molecule has 0 saturated heterocycles. The fraction of sp³-hybridized carbons (Fsp3) is 0.0952. The van der Waals surface area contributed by atoms with E-state index in [4.69, 9.17) is 26.8 Å². The van der Waals surface area contributed by atoms with Crippen molar-refractivity contribution in [2.75, 3.05) is 12.8 Å². The van der Waals surface area contributed by atoms with E-state index in [0.29, 0.717) is 11.3 Å². The molecule has 2 aromatic carbocycles. The summed E-state index contributed by atoms with van der Waals surface area (Å²) in [4.78, 5) is 14.4. The molecule has 0 bridgehead atoms. The summed E-state index contributed by atoms with van der Waals surface area (Å²) in [6.45, 7) is 0.265. The molecular formula is C21H15ClN4O3. The van der Waals surface area contributed by atoms with Gasteiger partial charge in [0.15, 0.2) is 11.5 Å². The highest BCUT2D eigenvalue weighted by Gasteiger charge is 2.21. The second-order valence-electron chi connectivity index (χ2n) is 5.98. The Balaban J connectivity index is 2.13. The second-order valence-corrected chi connectivity index (χ2v) is 6.39. The maximum Gasteiger partial charge on any atom is 0.268 e. The summed E-state index contributed by atoms with van der Waals surface area (Å²) >= 11 is 6.41. The van der Waals surface area contributed by atoms with Crippen molar-refractivity contribution in [3.05, 3.63) is 74.5 Å². The van der Waals surface area contributed by atoms with Gasteiger partial charge in [-0.1, -0.05) is 41.9 Å². The number of anilines is 1. The number of H-pyrrole nitrogens is 1. The van der Waals surface area contributed by atoms with Crippen molar-refractivity contribution in [3.8, 4) is 34.8 Å². The summed E-state index contributed by atoms with van der Waals surface area (Å²) < 4.78 is 11.2. The van der Waals surface area contributed by atoms with Crippen molar-refractivity contribution in [2.45, 2.75) is 6.61 Å². The van der Waals surface area contributed by atoms with Crippen LogP contribution in [0.5, 0.6) is 11.5 Å². The monoisotopic (exact) mass is 406 g/mol. The summed E-state index contributed by atoms with van der Waals surface area (Å²) in [5, 5.41) is 19.1. The average molecular weight is 407 g/mol. The van der Waals surface area contributed by atoms with E-state index in [1.807, 2.05) is 42.5 Å². The first-order valence-corrected chi connectivity index (χ1v) is 8.78. The van der Waals surface area contributed by atoms with Gasteiger partial charge < -0.3 is 20.2 Å². The summed E-state index contributed by atoms with van der Waals surface area (Å²) in [7, 11) is 1.44. The third-order valence-electron chi connectivity index (χ3n) is 4.21. The largest absolute Gasteiger partial charge is 0.493 e. The van der Waals surface area contributed by atoms with Gasteiger partial charge in [-0.3, -0.25) is 4.79 Å². The zero-order valence-electron chi connectivity index (χ0n) is 15.3. The van der Waals surface area contributed by atoms with E-state index in [9.17, 15) is 15.3 Å². The van der Waals surface area contributed by atoms with Crippen LogP contribution in [0.25, 0.3) is 11.1 Å². The Labute approximate surface area is 171 Å². The molecule has 3 N–H and O–H groups in total. The van der Waals surface area contributed by atoms with Crippen LogP contribution < -0.4 is 20.8 Å². The van der Waals surface area contributed by atoms with E-state index in [1.54, 1.807) is 6.07 Å². The molecule has 0 atom stereocenters. The molecule has 3 aromatic rings. The van der Waals surface area contributed by atoms with Crippen LogP contribution in [0, 0.1) is 22.7 Å². The number of aromatic amines is 1. The number of hydrogen-bond acceptors (Lipinski definition) is 6. The normalized spacial score (nSPS) is 10.1. The van der Waals surface area contributed by atoms with Crippen LogP contribution >= 0.6 is 11.6 Å². The minimum Gasteiger partial charge on any atom is -0.493 e. The molecule has 0 radical (unpaired) electrons. The molecule has 7 nitrogen and oxygen atoms in total. The molecule has 144 valence electrons. The zero-order valence-corrected chi connectivity index (χ0v) is 16.1. The summed E-state index contributed by atoms with van der Waals surface area (Å²) in [6, 6.07) is 16.3. The standard InChI is InChI=1S/C21H15ClN4O3/c1-28-17-8-13(18-14(9-23)20(25)26-21(27)15(18)10-24)7-16(22)19(17)29-11-12-5-3-2-4-6-12/h2-8H,11H2,1H3,(H3,25,26,27). The van der Waals surface area contributed by atoms with Gasteiger partial charge in [0.2, 0.25) is 0 Å². The maximum atomic E-state index is 12.1. The van der Waals surface area contributed by atoms with Gasteiger partial charge in [0.25, 0.3) is 5.56 Å². The van der Waals surface area contributed by atoms with Gasteiger partial charge in [-0.15, -0.1) is 0 Å². The van der Waals surface area contributed by atoms with Crippen LogP contribution in [0.1, 0.15) is 16.7 Å². The Morgan fingerprint density at radius 1 is 1.14 bits per heavy atom. The molecular weight excluding hydrogens is 392 g/mol. The lowest BCUT2D eigenvalue weighted by Crippen LogP contribution is -2.16. The lowest BCUT2D eigenvalue weighted by atomic mass is 9.96. The molecule has 0 amide bonds. The van der Waals surface area contributed by atoms with Gasteiger partial charge in [0, 0.05) is 5.56 Å². The predicted octanol–water partition coefficient (Wildman–Crippen LogP) is 3.61. The van der Waals surface area contributed by atoms with Crippen molar-refractivity contribution in [2.24, 2.45) is 0 Å². The van der Waals surface area contributed by atoms with Gasteiger partial charge in [-0.2, -0.15) is 10.5 Å². The first-order valence-electron chi connectivity index (χ1n) is 8.40. The Morgan fingerprint density at radius 2 is 1.83 bits per heavy atom. The number of nitrogen functional groups attached to an aromatic ring is 1. The smallest absolute Gasteiger partial charge is 0.268 e. The molecule has 0 aliphatic rings. The van der Waals surface area contributed by atoms with Crippen molar-refractivity contribution < 1.29 is 9.47 Å². The molecule has 1 heterocycles. The minimum absolute atomic E-state index is 0.0303. The molecule has 0 saturated carbocycles. The van der Waals surface area contributed by atoms with E-state index in [1.165, 1.54) is 13.2 Å². The SMILES string of the molecule is COc1cc(-c2c(C#N)c(N)[nH]c(=O)c2C#N)cc(Cl)c1OCc1ccccc1. The third-order valence-corrected chi connectivity index (χ3v) is 4.49. The highest BCUT2D eigenvalue weighted by Crippen LogP contribution is 2.41. The number of nitrogens with one attached hydrogen (secondary N) is 1. The summed E-state index contributed by atoms with van der Waals surface area (Å²) in [5.41, 5.74) is 6.17. The molecule has 0 aliphatic heterocycles. The maximum absolute atomic E-state index is 12.1. The Hall–Kier alpha value is -3.94. The van der Waals surface area contributed by atoms with E-state index in [-0.39, 0.29) is 39.9 Å². The first kappa shape index (κ1) is 19.8. The Kier molecular flexibility index (Phi) is 5.73. The van der Waals surface area contributed by atoms with Crippen LogP contribution in [0.4, 0.5) is 5.82 Å². The quantitative estimate of drug-likeness (QED) is 0.666. The molecule has 3 rings (SSSR count). The average Bonchev–Trinajstić information content (AvgIpc) is 2.72. The predicted molar refractivity (Wildman–Crippen MR) is 109 cm³/mol. The summed E-state index contributed by atoms with van der Waals surface area (Å²) in [6.07, 6.45) is 0. The lowest BCUT2D eigenvalue weighted by molar-refractivity contribution is 0.285. The van der Waals surface area contributed by atoms with Crippen molar-refractivity contribution in [1.29, 1.82) is 10.5 Å². The van der Waals surface area contributed by atoms with Crippen molar-refractivity contribution in [1.82, 2.24) is 4.98 Å². The van der Waals surface area contributed by atoms with Gasteiger partial charge in [0.1, 0.15) is 35.7 Å². The highest BCUT2D eigenvalue weighted by atomic mass is 35.5. The summed E-state index contributed by atoms with van der Waals surface area (Å²) in [5.74, 6) is 0.456. The van der Waals surface area contributed by atoms with Crippen molar-refractivity contribution >= 4 is 17.4 Å². The lowest BCUT2D eigenvalue weighted by Gasteiger charge is -2.16. The van der Waals surface area contributed by atoms with Crippen LogP contribution in [-0.4, -0.2) is 12.1 Å². The van der Waals surface area contributed by atoms with Crippen LogP contribution in [0.15, 0.2) is 47.3 Å². The zero-order chi connectivity index (χ0) is 21.0. The number of nitrogens with zero attached hydrogens (tertiary/aromatic N) is 2. The highest BCUT2D eigenvalue weighted by molar-refractivity contribution is 6.32. The van der Waals surface area contributed by atoms with E-state index < -0.39 is 5.56 Å². The number of pyridine rings is 1. The Morgan fingerprint density at radius 3 is 2.45 bits per heavy atom. The first-order chi connectivity index (χ1) is 14.0. The van der Waals surface area contributed by atoms with Gasteiger partial charge >= 0.3 is 0 Å². The molecule has 0 unspecified atom stereocenters. The van der Waals surface area contributed by atoms with Crippen LogP contribution in [-0.2, 0) is 6.61 Å². The molecule has 1 aromatic heterocycles. The van der Waals surface area contributed by atoms with Gasteiger partial charge in [-0.05, 0) is 23.3 Å². The number of nitrogens with two attached hydrogens (primary N) is 1. The fourth-order valence-corrected chi connectivity index (χ4v) is 3.13. The molecule has 0 fully saturated rings. The number of hydrogen-bond donors (Lipinski definition) is 2. The van der Waals surface area contributed by atoms with E-state index in [0.717, 1.165) is 5.56 Å². The second kappa shape index (κ2) is 8.39. The number of rotatable bonds is 5. The Bertz CT molecular complexity index is 1210. The van der Waals surface area contributed by atoms with Crippen molar-refractivity contribution in [3.63, 3.8) is 0 Å². The number of aromatic nitrogens is 1. The van der Waals surface area contributed by atoms with Crippen LogP contribution in [0.2, 0.25) is 5.02 Å². The molecule has 29 heavy (non-hydrogen) atoms. The van der Waals surface area contributed by atoms with E-state index in [2.05, 4.69) is 4.98 Å². The number of nitriles is 2. The fourth-order valence-electron chi connectivity index (χ4n) is 2.87. The molecule has 8 heteroatoms. The third kappa shape index (κ3) is 3.86. The topological polar surface area (TPSA) is 125 Å². The molecule has 0 aliphatic carbocycles. The van der Waals surface area contributed by atoms with Gasteiger partial charge in [0.05, 0.1) is 12.1 Å². The number of ether oxygens (including phenoxy) is 2. The van der Waals surface area contributed by atoms with E-state index >= 15 is 0 Å². The number of benzene rings is 2. The van der Waals surface area contributed by atoms with Crippen LogP contribution in [0.3, 0.4) is 0 Å². The number of halogens is 1. The minimum atomic E-state index is -0.696. The molecule has 0 spiro atoms. The number of methoxy groups -OCH3 is 1. The van der Waals surface area contributed by atoms with Gasteiger partial charge in [-0.25, -0.2) is 0 Å².